The first kappa shape index (κ1) is 19.9. The van der Waals surface area contributed by atoms with E-state index in [2.05, 4.69) is 20.2 Å². The number of benzene rings is 2. The van der Waals surface area contributed by atoms with Gasteiger partial charge in [-0.3, -0.25) is 9.20 Å². The average Bonchev–Trinajstić information content (AvgIpc) is 3.55. The zero-order valence-electron chi connectivity index (χ0n) is 17.6. The maximum atomic E-state index is 13.4. The summed E-state index contributed by atoms with van der Waals surface area (Å²) in [5, 5.41) is 5.02. The van der Waals surface area contributed by atoms with Gasteiger partial charge in [0.2, 0.25) is 5.91 Å². The Morgan fingerprint density at radius 3 is 2.67 bits per heavy atom. The predicted molar refractivity (Wildman–Crippen MR) is 126 cm³/mol. The zero-order valence-corrected chi connectivity index (χ0v) is 18.4. The molecule has 0 unspecified atom stereocenters. The molecule has 1 N–H and O–H groups in total. The minimum Gasteiger partial charge on any atom is -0.423 e. The molecule has 6 rings (SSSR count). The molecule has 0 aliphatic carbocycles. The molecule has 9 heteroatoms. The van der Waals surface area contributed by atoms with E-state index in [4.69, 9.17) is 4.42 Å². The van der Waals surface area contributed by atoms with Gasteiger partial charge in [-0.25, -0.2) is 9.37 Å². The molecule has 0 saturated carbocycles. The molecule has 0 radical (unpaired) electrons. The lowest BCUT2D eigenvalue weighted by molar-refractivity contribution is -0.120. The number of aromatic nitrogens is 3. The molecule has 33 heavy (non-hydrogen) atoms. The number of hydrogen-bond donors (Lipinski definition) is 1. The molecular formula is C24H20FN5O2S. The average molecular weight is 462 g/mol. The number of halogens is 1. The Morgan fingerprint density at radius 1 is 1.09 bits per heavy atom. The van der Waals surface area contributed by atoms with Crippen molar-refractivity contribution in [1.29, 1.82) is 0 Å². The lowest BCUT2D eigenvalue weighted by atomic mass is 9.96. The van der Waals surface area contributed by atoms with Crippen LogP contribution in [0.25, 0.3) is 27.3 Å². The molecule has 0 bridgehead atoms. The van der Waals surface area contributed by atoms with Crippen LogP contribution in [0.3, 0.4) is 0 Å². The summed E-state index contributed by atoms with van der Waals surface area (Å²) < 4.78 is 21.2. The Morgan fingerprint density at radius 2 is 1.88 bits per heavy atom. The van der Waals surface area contributed by atoms with Crippen molar-refractivity contribution < 1.29 is 13.6 Å². The summed E-state index contributed by atoms with van der Waals surface area (Å²) in [6.45, 7) is 1.38. The van der Waals surface area contributed by atoms with Crippen molar-refractivity contribution in [2.45, 2.75) is 12.8 Å². The quantitative estimate of drug-likeness (QED) is 0.398. The van der Waals surface area contributed by atoms with E-state index in [1.54, 1.807) is 12.1 Å². The first-order valence-corrected chi connectivity index (χ1v) is 11.7. The van der Waals surface area contributed by atoms with Gasteiger partial charge >= 0.3 is 0 Å². The van der Waals surface area contributed by atoms with Crippen LogP contribution in [0.2, 0.25) is 0 Å². The maximum Gasteiger partial charge on any atom is 0.298 e. The van der Waals surface area contributed by atoms with E-state index in [-0.39, 0.29) is 17.6 Å². The van der Waals surface area contributed by atoms with Crippen LogP contribution in [0.15, 0.2) is 64.5 Å². The Bertz CT molecular complexity index is 1410. The molecule has 1 fully saturated rings. The zero-order chi connectivity index (χ0) is 22.4. The number of carbonyl (C=O) groups excluding carboxylic acids is 1. The highest BCUT2D eigenvalue weighted by atomic mass is 32.1. The fourth-order valence-electron chi connectivity index (χ4n) is 4.26. The van der Waals surface area contributed by atoms with Gasteiger partial charge in [-0.05, 0) is 49.2 Å². The van der Waals surface area contributed by atoms with Crippen molar-refractivity contribution in [3.05, 3.63) is 65.9 Å². The maximum absolute atomic E-state index is 13.4. The number of thiazole rings is 1. The molecule has 1 amide bonds. The van der Waals surface area contributed by atoms with Crippen LogP contribution in [-0.2, 0) is 4.79 Å². The Hall–Kier alpha value is -3.72. The summed E-state index contributed by atoms with van der Waals surface area (Å²) in [7, 11) is 0. The van der Waals surface area contributed by atoms with Crippen LogP contribution >= 0.6 is 11.3 Å². The molecule has 166 valence electrons. The number of fused-ring (bicyclic) bond motifs is 2. The molecule has 0 spiro atoms. The smallest absolute Gasteiger partial charge is 0.298 e. The molecular weight excluding hydrogens is 441 g/mol. The Kier molecular flexibility index (Phi) is 4.83. The Balaban J connectivity index is 1.19. The molecule has 0 atom stereocenters. The van der Waals surface area contributed by atoms with E-state index in [0.717, 1.165) is 21.6 Å². The summed E-state index contributed by atoms with van der Waals surface area (Å²) in [5.74, 6) is 0.139. The number of anilines is 2. The second-order valence-corrected chi connectivity index (χ2v) is 8.96. The van der Waals surface area contributed by atoms with Crippen LogP contribution < -0.4 is 10.2 Å². The molecule has 3 aromatic heterocycles. The van der Waals surface area contributed by atoms with E-state index in [0.29, 0.717) is 43.5 Å². The van der Waals surface area contributed by atoms with Gasteiger partial charge < -0.3 is 14.6 Å². The number of nitrogens with zero attached hydrogens (tertiary/aromatic N) is 4. The normalized spacial score (nSPS) is 14.9. The number of rotatable bonds is 4. The van der Waals surface area contributed by atoms with Crippen molar-refractivity contribution in [1.82, 2.24) is 14.4 Å². The van der Waals surface area contributed by atoms with E-state index < -0.39 is 0 Å². The van der Waals surface area contributed by atoms with Crippen LogP contribution in [0.1, 0.15) is 12.8 Å². The van der Waals surface area contributed by atoms with Crippen LogP contribution in [-0.4, -0.2) is 33.4 Å². The van der Waals surface area contributed by atoms with Gasteiger partial charge in [0.25, 0.3) is 6.01 Å². The number of hydrogen-bond acceptors (Lipinski definition) is 6. The van der Waals surface area contributed by atoms with Crippen molar-refractivity contribution in [3.63, 3.8) is 0 Å². The summed E-state index contributed by atoms with van der Waals surface area (Å²) >= 11 is 1.48. The fourth-order valence-corrected chi connectivity index (χ4v) is 4.98. The summed E-state index contributed by atoms with van der Waals surface area (Å²) in [6, 6.07) is 14.4. The second-order valence-electron chi connectivity index (χ2n) is 8.09. The van der Waals surface area contributed by atoms with Gasteiger partial charge in [0.15, 0.2) is 10.5 Å². The molecule has 1 aliphatic heterocycles. The van der Waals surface area contributed by atoms with Gasteiger partial charge in [0.1, 0.15) is 22.8 Å². The molecule has 5 aromatic rings. The van der Waals surface area contributed by atoms with Gasteiger partial charge in [0.05, 0.1) is 0 Å². The molecule has 1 aliphatic rings. The van der Waals surface area contributed by atoms with E-state index >= 15 is 0 Å². The van der Waals surface area contributed by atoms with Crippen molar-refractivity contribution >= 4 is 45.1 Å². The lowest BCUT2D eigenvalue weighted by Crippen LogP contribution is -2.38. The largest absolute Gasteiger partial charge is 0.423 e. The first-order valence-electron chi connectivity index (χ1n) is 10.8. The fraction of sp³-hybridized carbons (Fsp3) is 0.208. The molecule has 7 nitrogen and oxygen atoms in total. The highest BCUT2D eigenvalue weighted by Gasteiger charge is 2.29. The third-order valence-corrected chi connectivity index (χ3v) is 6.80. The first-order chi connectivity index (χ1) is 16.2. The van der Waals surface area contributed by atoms with Crippen LogP contribution in [0.5, 0.6) is 0 Å². The number of amides is 1. The topological polar surface area (TPSA) is 75.7 Å². The van der Waals surface area contributed by atoms with Crippen LogP contribution in [0.4, 0.5) is 16.2 Å². The highest BCUT2D eigenvalue weighted by molar-refractivity contribution is 7.15. The number of carbonyl (C=O) groups is 1. The summed E-state index contributed by atoms with van der Waals surface area (Å²) in [4.78, 5) is 25.3. The standard InChI is InChI=1S/C24H20FN5O2S/c25-17-7-5-15(6-8-17)20-21(30-13-14-33-24(30)27-20)28-22(31)16-9-11-29(12-10-16)23-26-18-3-1-2-4-19(18)32-23/h1-8,13-14,16H,9-12H2,(H,28,31). The summed E-state index contributed by atoms with van der Waals surface area (Å²) in [6.07, 6.45) is 3.27. The number of oxazole rings is 1. The minimum atomic E-state index is -0.309. The third kappa shape index (κ3) is 3.64. The molecule has 4 heterocycles. The SMILES string of the molecule is O=C(Nc1c(-c2ccc(F)cc2)nc2sccn12)C1CCN(c2nc3ccccc3o2)CC1. The monoisotopic (exact) mass is 461 g/mol. The van der Waals surface area contributed by atoms with Crippen molar-refractivity contribution in [3.8, 4) is 11.3 Å². The third-order valence-electron chi connectivity index (χ3n) is 6.04. The number of piperidine rings is 1. The van der Waals surface area contributed by atoms with E-state index in [1.165, 1.54) is 23.5 Å². The van der Waals surface area contributed by atoms with Gasteiger partial charge in [-0.15, -0.1) is 11.3 Å². The van der Waals surface area contributed by atoms with Crippen LogP contribution in [0, 0.1) is 11.7 Å². The van der Waals surface area contributed by atoms with Gasteiger partial charge in [-0.2, -0.15) is 4.98 Å². The summed E-state index contributed by atoms with van der Waals surface area (Å²) in [5.41, 5.74) is 3.00. The Labute approximate surface area is 192 Å². The highest BCUT2D eigenvalue weighted by Crippen LogP contribution is 2.32. The van der Waals surface area contributed by atoms with E-state index in [1.807, 2.05) is 40.2 Å². The van der Waals surface area contributed by atoms with E-state index in [9.17, 15) is 9.18 Å². The molecule has 1 saturated heterocycles. The number of imidazole rings is 1. The van der Waals surface area contributed by atoms with Gasteiger partial charge in [-0.1, -0.05) is 12.1 Å². The molecule has 2 aromatic carbocycles. The van der Waals surface area contributed by atoms with Crippen molar-refractivity contribution in [2.75, 3.05) is 23.3 Å². The van der Waals surface area contributed by atoms with Crippen molar-refractivity contribution in [2.24, 2.45) is 5.92 Å². The lowest BCUT2D eigenvalue weighted by Gasteiger charge is -2.30. The number of para-hydroxylation sites is 2. The number of nitrogens with one attached hydrogen (secondary N) is 1. The predicted octanol–water partition coefficient (Wildman–Crippen LogP) is 5.20. The van der Waals surface area contributed by atoms with Gasteiger partial charge in [0, 0.05) is 36.1 Å². The minimum absolute atomic E-state index is 0.0384. The second kappa shape index (κ2) is 8.00.